The molecule has 0 fully saturated rings. The van der Waals surface area contributed by atoms with Gasteiger partial charge in [-0.05, 0) is 13.0 Å². The maximum Gasteiger partial charge on any atom is 0.305 e. The number of nitrogens with one attached hydrogen (secondary N) is 2. The van der Waals surface area contributed by atoms with Crippen molar-refractivity contribution >= 4 is 17.4 Å². The number of pyridine rings is 1. The number of nitro groups is 1. The zero-order chi connectivity index (χ0) is 14.3. The van der Waals surface area contributed by atoms with E-state index in [0.717, 1.165) is 0 Å². The first-order valence-corrected chi connectivity index (χ1v) is 5.64. The molecule has 0 unspecified atom stereocenters. The van der Waals surface area contributed by atoms with Crippen LogP contribution in [0.1, 0.15) is 19.0 Å². The van der Waals surface area contributed by atoms with Gasteiger partial charge < -0.3 is 10.6 Å². The van der Waals surface area contributed by atoms with Crippen LogP contribution >= 0.6 is 0 Å². The number of hydrogen-bond donors (Lipinski definition) is 2. The van der Waals surface area contributed by atoms with E-state index in [1.165, 1.54) is 12.1 Å². The minimum Gasteiger partial charge on any atom is -0.370 e. The summed E-state index contributed by atoms with van der Waals surface area (Å²) in [5.41, 5.74) is -0.593. The molecule has 1 aromatic rings. The summed E-state index contributed by atoms with van der Waals surface area (Å²) in [7, 11) is 0. The monoisotopic (exact) mass is 263 g/mol. The summed E-state index contributed by atoms with van der Waals surface area (Å²) < 4.78 is 0. The summed E-state index contributed by atoms with van der Waals surface area (Å²) in [6, 6.07) is 4.27. The van der Waals surface area contributed by atoms with Crippen LogP contribution in [-0.4, -0.2) is 28.9 Å². The van der Waals surface area contributed by atoms with Crippen molar-refractivity contribution in [2.75, 3.05) is 18.4 Å². The number of amides is 1. The molecule has 1 aromatic heterocycles. The van der Waals surface area contributed by atoms with Gasteiger partial charge in [-0.1, -0.05) is 0 Å². The smallest absolute Gasteiger partial charge is 0.305 e. The van der Waals surface area contributed by atoms with E-state index in [0.29, 0.717) is 18.9 Å². The number of carbonyl (C=O) groups excluding carboxylic acids is 1. The molecule has 19 heavy (non-hydrogen) atoms. The van der Waals surface area contributed by atoms with Crippen molar-refractivity contribution in [2.45, 2.75) is 13.3 Å². The molecule has 0 saturated heterocycles. The molecule has 0 bridgehead atoms. The molecule has 1 amide bonds. The standard InChI is InChI=1S/C11H13N5O3/c1-2-13-11(17)5-6-14-10-4-3-9(16(18)19)8(7-12)15-10/h3-4H,2,5-6H2,1H3,(H,13,17)(H,14,15). The van der Waals surface area contributed by atoms with Gasteiger partial charge in [-0.15, -0.1) is 0 Å². The molecule has 8 heteroatoms. The Morgan fingerprint density at radius 1 is 1.58 bits per heavy atom. The van der Waals surface area contributed by atoms with Crippen molar-refractivity contribution in [2.24, 2.45) is 0 Å². The second-order valence-corrected chi connectivity index (χ2v) is 3.56. The van der Waals surface area contributed by atoms with Crippen LogP contribution in [-0.2, 0) is 4.79 Å². The van der Waals surface area contributed by atoms with Crippen molar-refractivity contribution < 1.29 is 9.72 Å². The van der Waals surface area contributed by atoms with Crippen LogP contribution in [0, 0.1) is 21.4 Å². The second kappa shape index (κ2) is 6.90. The number of hydrogen-bond acceptors (Lipinski definition) is 6. The number of aromatic nitrogens is 1. The van der Waals surface area contributed by atoms with Gasteiger partial charge in [0.25, 0.3) is 0 Å². The molecule has 0 atom stereocenters. The molecule has 2 N–H and O–H groups in total. The van der Waals surface area contributed by atoms with Gasteiger partial charge in [-0.25, -0.2) is 4.98 Å². The zero-order valence-corrected chi connectivity index (χ0v) is 10.3. The van der Waals surface area contributed by atoms with Crippen LogP contribution in [0.4, 0.5) is 11.5 Å². The lowest BCUT2D eigenvalue weighted by Gasteiger charge is -2.05. The highest BCUT2D eigenvalue weighted by Crippen LogP contribution is 2.17. The lowest BCUT2D eigenvalue weighted by molar-refractivity contribution is -0.385. The third-order valence-electron chi connectivity index (χ3n) is 2.21. The fourth-order valence-electron chi connectivity index (χ4n) is 1.37. The fourth-order valence-corrected chi connectivity index (χ4v) is 1.37. The van der Waals surface area contributed by atoms with Gasteiger partial charge in [0.2, 0.25) is 11.6 Å². The molecule has 100 valence electrons. The molecule has 1 heterocycles. The maximum absolute atomic E-state index is 11.2. The Balaban J connectivity index is 2.64. The first-order valence-electron chi connectivity index (χ1n) is 5.64. The SMILES string of the molecule is CCNC(=O)CCNc1ccc([N+](=O)[O-])c(C#N)n1. The molecule has 0 radical (unpaired) electrons. The first-order chi connectivity index (χ1) is 9.08. The van der Waals surface area contributed by atoms with Crippen LogP contribution in [0.2, 0.25) is 0 Å². The van der Waals surface area contributed by atoms with Gasteiger partial charge in [0.1, 0.15) is 11.9 Å². The van der Waals surface area contributed by atoms with Crippen molar-refractivity contribution in [1.82, 2.24) is 10.3 Å². The molecule has 0 aliphatic heterocycles. The van der Waals surface area contributed by atoms with Crippen LogP contribution < -0.4 is 10.6 Å². The Morgan fingerprint density at radius 3 is 2.89 bits per heavy atom. The van der Waals surface area contributed by atoms with Crippen molar-refractivity contribution in [3.05, 3.63) is 27.9 Å². The van der Waals surface area contributed by atoms with Crippen LogP contribution in [0.3, 0.4) is 0 Å². The fraction of sp³-hybridized carbons (Fsp3) is 0.364. The predicted octanol–water partition coefficient (Wildman–Crippen LogP) is 0.800. The third kappa shape index (κ3) is 4.23. The molecular weight excluding hydrogens is 250 g/mol. The van der Waals surface area contributed by atoms with Crippen LogP contribution in [0.25, 0.3) is 0 Å². The molecule has 0 aromatic carbocycles. The van der Waals surface area contributed by atoms with Crippen LogP contribution in [0.15, 0.2) is 12.1 Å². The minimum absolute atomic E-state index is 0.0996. The van der Waals surface area contributed by atoms with Gasteiger partial charge >= 0.3 is 5.69 Å². The molecule has 0 spiro atoms. The molecule has 0 saturated carbocycles. The van der Waals surface area contributed by atoms with Gasteiger partial charge in [0, 0.05) is 25.6 Å². The van der Waals surface area contributed by atoms with E-state index >= 15 is 0 Å². The summed E-state index contributed by atoms with van der Waals surface area (Å²) in [5, 5.41) is 24.8. The molecule has 0 aliphatic carbocycles. The summed E-state index contributed by atoms with van der Waals surface area (Å²) >= 11 is 0. The van der Waals surface area contributed by atoms with E-state index in [1.807, 2.05) is 6.92 Å². The van der Waals surface area contributed by atoms with E-state index in [2.05, 4.69) is 15.6 Å². The number of nitriles is 1. The van der Waals surface area contributed by atoms with Gasteiger partial charge in [-0.3, -0.25) is 14.9 Å². The van der Waals surface area contributed by atoms with Gasteiger partial charge in [0.05, 0.1) is 4.92 Å². The largest absolute Gasteiger partial charge is 0.370 e. The van der Waals surface area contributed by atoms with Crippen molar-refractivity contribution in [3.63, 3.8) is 0 Å². The molecule has 0 aliphatic rings. The first kappa shape index (κ1) is 14.4. The van der Waals surface area contributed by atoms with Crippen molar-refractivity contribution in [3.8, 4) is 6.07 Å². The predicted molar refractivity (Wildman–Crippen MR) is 67.4 cm³/mol. The van der Waals surface area contributed by atoms with E-state index in [-0.39, 0.29) is 23.7 Å². The normalized spacial score (nSPS) is 9.47. The quantitative estimate of drug-likeness (QED) is 0.578. The molecule has 8 nitrogen and oxygen atoms in total. The number of nitrogens with zero attached hydrogens (tertiary/aromatic N) is 3. The van der Waals surface area contributed by atoms with Gasteiger partial charge in [-0.2, -0.15) is 5.26 Å². The number of rotatable bonds is 6. The number of carbonyl (C=O) groups is 1. The highest BCUT2D eigenvalue weighted by Gasteiger charge is 2.15. The summed E-state index contributed by atoms with van der Waals surface area (Å²) in [5.74, 6) is 0.226. The second-order valence-electron chi connectivity index (χ2n) is 3.56. The number of anilines is 1. The van der Waals surface area contributed by atoms with E-state index in [4.69, 9.17) is 5.26 Å². The topological polar surface area (TPSA) is 121 Å². The van der Waals surface area contributed by atoms with Gasteiger partial charge in [0.15, 0.2) is 0 Å². The molecule has 1 rings (SSSR count). The summed E-state index contributed by atoms with van der Waals surface area (Å²) in [4.78, 5) is 24.9. The lowest BCUT2D eigenvalue weighted by Crippen LogP contribution is -2.24. The highest BCUT2D eigenvalue weighted by atomic mass is 16.6. The molecular formula is C11H13N5O3. The minimum atomic E-state index is -0.663. The average molecular weight is 263 g/mol. The zero-order valence-electron chi connectivity index (χ0n) is 10.3. The Bertz CT molecular complexity index is 524. The highest BCUT2D eigenvalue weighted by molar-refractivity contribution is 5.76. The maximum atomic E-state index is 11.2. The van der Waals surface area contributed by atoms with Crippen molar-refractivity contribution in [1.29, 1.82) is 5.26 Å². The third-order valence-corrected chi connectivity index (χ3v) is 2.21. The van der Waals surface area contributed by atoms with Crippen LogP contribution in [0.5, 0.6) is 0 Å². The Hall–Kier alpha value is -2.69. The Kier molecular flexibility index (Phi) is 5.22. The van der Waals surface area contributed by atoms with E-state index in [1.54, 1.807) is 6.07 Å². The van der Waals surface area contributed by atoms with E-state index < -0.39 is 4.92 Å². The Labute approximate surface area is 109 Å². The lowest BCUT2D eigenvalue weighted by atomic mass is 10.3. The summed E-state index contributed by atoms with van der Waals surface area (Å²) in [6.07, 6.45) is 0.258. The van der Waals surface area contributed by atoms with E-state index in [9.17, 15) is 14.9 Å². The summed E-state index contributed by atoms with van der Waals surface area (Å²) in [6.45, 7) is 2.72. The average Bonchev–Trinajstić information content (AvgIpc) is 2.38. The Morgan fingerprint density at radius 2 is 2.32 bits per heavy atom.